The zero-order valence-electron chi connectivity index (χ0n) is 16.6. The minimum atomic E-state index is 0.149. The van der Waals surface area contributed by atoms with Crippen LogP contribution in [0.15, 0.2) is 54.7 Å². The number of benzene rings is 2. The zero-order valence-corrected chi connectivity index (χ0v) is 16.6. The summed E-state index contributed by atoms with van der Waals surface area (Å²) in [6, 6.07) is 18.9. The number of nitriles is 1. The Morgan fingerprint density at radius 2 is 1.86 bits per heavy atom. The fourth-order valence-corrected chi connectivity index (χ4v) is 4.69. The predicted octanol–water partition coefficient (Wildman–Crippen LogP) is 3.72. The molecule has 2 aliphatic heterocycles. The first-order valence-corrected chi connectivity index (χ1v) is 10.2. The topological polar surface area (TPSA) is 52.4 Å². The van der Waals surface area contributed by atoms with E-state index in [0.29, 0.717) is 5.56 Å². The van der Waals surface area contributed by atoms with Gasteiger partial charge in [0.1, 0.15) is 6.07 Å². The molecule has 2 atom stereocenters. The average Bonchev–Trinajstić information content (AvgIpc) is 3.14. The number of nitrogens with zero attached hydrogens (tertiary/aromatic N) is 4. The molecule has 2 aromatic carbocycles. The lowest BCUT2D eigenvalue weighted by molar-refractivity contribution is -0.0329. The van der Waals surface area contributed by atoms with Crippen molar-refractivity contribution in [3.05, 3.63) is 71.4 Å². The zero-order chi connectivity index (χ0) is 19.8. The summed E-state index contributed by atoms with van der Waals surface area (Å²) in [6.07, 6.45) is 2.06. The molecule has 3 aromatic rings. The molecule has 0 spiro atoms. The van der Waals surface area contributed by atoms with E-state index in [0.717, 1.165) is 49.3 Å². The molecule has 1 fully saturated rings. The molecular formula is C24H24N4O. The number of morpholine rings is 1. The number of aromatic nitrogens is 1. The minimum Gasteiger partial charge on any atom is -0.370 e. The van der Waals surface area contributed by atoms with Gasteiger partial charge in [-0.25, -0.2) is 0 Å². The van der Waals surface area contributed by atoms with Crippen molar-refractivity contribution in [2.75, 3.05) is 24.5 Å². The smallest absolute Gasteiger partial charge is 0.101 e. The van der Waals surface area contributed by atoms with E-state index in [2.05, 4.69) is 64.2 Å². The third kappa shape index (κ3) is 3.46. The highest BCUT2D eigenvalue weighted by atomic mass is 16.5. The SMILES string of the molecule is C[C@@H]1CN(c2ccc(C#N)c3ncccc23)C[C@H](CN2Cc3ccccc3C2)O1. The van der Waals surface area contributed by atoms with E-state index in [1.807, 2.05) is 12.1 Å². The van der Waals surface area contributed by atoms with Gasteiger partial charge in [0, 0.05) is 50.0 Å². The molecule has 5 nitrogen and oxygen atoms in total. The van der Waals surface area contributed by atoms with E-state index in [-0.39, 0.29) is 12.2 Å². The summed E-state index contributed by atoms with van der Waals surface area (Å²) in [7, 11) is 0. The van der Waals surface area contributed by atoms with Gasteiger partial charge >= 0.3 is 0 Å². The van der Waals surface area contributed by atoms with E-state index in [1.54, 1.807) is 6.20 Å². The van der Waals surface area contributed by atoms with Crippen LogP contribution in [0, 0.1) is 11.3 Å². The Morgan fingerprint density at radius 1 is 1.07 bits per heavy atom. The highest BCUT2D eigenvalue weighted by molar-refractivity contribution is 5.95. The molecule has 0 bridgehead atoms. The molecule has 5 rings (SSSR count). The van der Waals surface area contributed by atoms with Crippen LogP contribution in [0.5, 0.6) is 0 Å². The fraction of sp³-hybridized carbons (Fsp3) is 0.333. The van der Waals surface area contributed by atoms with Crippen molar-refractivity contribution in [2.45, 2.75) is 32.2 Å². The molecule has 1 saturated heterocycles. The van der Waals surface area contributed by atoms with Crippen LogP contribution in [0.25, 0.3) is 10.9 Å². The molecule has 0 aliphatic carbocycles. The Labute approximate surface area is 171 Å². The third-order valence-corrected chi connectivity index (χ3v) is 5.90. The number of pyridine rings is 1. The fourth-order valence-electron chi connectivity index (χ4n) is 4.69. The Hall–Kier alpha value is -2.94. The van der Waals surface area contributed by atoms with Crippen LogP contribution in [0.4, 0.5) is 5.69 Å². The number of anilines is 1. The number of ether oxygens (including phenoxy) is 1. The molecule has 0 radical (unpaired) electrons. The van der Waals surface area contributed by atoms with Crippen LogP contribution in [0.2, 0.25) is 0 Å². The second-order valence-corrected chi connectivity index (χ2v) is 8.06. The monoisotopic (exact) mass is 384 g/mol. The standard InChI is InChI=1S/C24H24N4O/c1-17-12-28(23-9-8-18(11-25)24-22(23)7-4-10-26-24)16-21(29-17)15-27-13-19-5-2-3-6-20(19)14-27/h2-10,17,21H,12-16H2,1H3/t17-,21+/m1/s1. The van der Waals surface area contributed by atoms with Crippen molar-refractivity contribution in [1.29, 1.82) is 5.26 Å². The summed E-state index contributed by atoms with van der Waals surface area (Å²) in [5.41, 5.74) is 5.39. The highest BCUT2D eigenvalue weighted by Crippen LogP contribution is 2.31. The van der Waals surface area contributed by atoms with Crippen LogP contribution in [0.1, 0.15) is 23.6 Å². The van der Waals surface area contributed by atoms with E-state index in [1.165, 1.54) is 11.1 Å². The van der Waals surface area contributed by atoms with Crippen molar-refractivity contribution < 1.29 is 4.74 Å². The largest absolute Gasteiger partial charge is 0.370 e. The molecule has 0 unspecified atom stereocenters. The van der Waals surface area contributed by atoms with E-state index in [9.17, 15) is 5.26 Å². The van der Waals surface area contributed by atoms with Gasteiger partial charge in [-0.05, 0) is 42.3 Å². The number of hydrogen-bond donors (Lipinski definition) is 0. The van der Waals surface area contributed by atoms with Gasteiger partial charge in [-0.3, -0.25) is 9.88 Å². The maximum Gasteiger partial charge on any atom is 0.101 e. The molecular weight excluding hydrogens is 360 g/mol. The lowest BCUT2D eigenvalue weighted by Gasteiger charge is -2.40. The molecule has 0 N–H and O–H groups in total. The number of fused-ring (bicyclic) bond motifs is 2. The van der Waals surface area contributed by atoms with Crippen LogP contribution < -0.4 is 4.90 Å². The van der Waals surface area contributed by atoms with Gasteiger partial charge in [0.05, 0.1) is 23.3 Å². The highest BCUT2D eigenvalue weighted by Gasteiger charge is 2.30. The van der Waals surface area contributed by atoms with Crippen molar-refractivity contribution in [3.8, 4) is 6.07 Å². The summed E-state index contributed by atoms with van der Waals surface area (Å²) in [4.78, 5) is 9.34. The van der Waals surface area contributed by atoms with Gasteiger partial charge in [-0.1, -0.05) is 24.3 Å². The van der Waals surface area contributed by atoms with Gasteiger partial charge in [0.2, 0.25) is 0 Å². The van der Waals surface area contributed by atoms with Gasteiger partial charge < -0.3 is 9.64 Å². The number of hydrogen-bond acceptors (Lipinski definition) is 5. The van der Waals surface area contributed by atoms with E-state index in [4.69, 9.17) is 4.74 Å². The molecule has 2 aliphatic rings. The third-order valence-electron chi connectivity index (χ3n) is 5.90. The van der Waals surface area contributed by atoms with E-state index < -0.39 is 0 Å². The van der Waals surface area contributed by atoms with E-state index >= 15 is 0 Å². The minimum absolute atomic E-state index is 0.149. The van der Waals surface area contributed by atoms with Crippen molar-refractivity contribution >= 4 is 16.6 Å². The van der Waals surface area contributed by atoms with Crippen molar-refractivity contribution in [2.24, 2.45) is 0 Å². The van der Waals surface area contributed by atoms with Gasteiger partial charge in [-0.2, -0.15) is 5.26 Å². The van der Waals surface area contributed by atoms with Crippen molar-refractivity contribution in [3.63, 3.8) is 0 Å². The normalized spacial score (nSPS) is 21.9. The first-order chi connectivity index (χ1) is 14.2. The van der Waals surface area contributed by atoms with Gasteiger partial charge in [-0.15, -0.1) is 0 Å². The quantitative estimate of drug-likeness (QED) is 0.689. The summed E-state index contributed by atoms with van der Waals surface area (Å²) < 4.78 is 6.30. The van der Waals surface area contributed by atoms with Crippen LogP contribution in [0.3, 0.4) is 0 Å². The first kappa shape index (κ1) is 18.1. The molecule has 1 aromatic heterocycles. The summed E-state index contributed by atoms with van der Waals surface area (Å²) in [5, 5.41) is 10.5. The average molecular weight is 384 g/mol. The summed E-state index contributed by atoms with van der Waals surface area (Å²) >= 11 is 0. The molecule has 0 amide bonds. The van der Waals surface area contributed by atoms with Gasteiger partial charge in [0.15, 0.2) is 0 Å². The predicted molar refractivity (Wildman–Crippen MR) is 114 cm³/mol. The Bertz CT molecular complexity index is 1060. The van der Waals surface area contributed by atoms with Gasteiger partial charge in [0.25, 0.3) is 0 Å². The lowest BCUT2D eigenvalue weighted by atomic mass is 10.1. The molecule has 3 heterocycles. The molecule has 0 saturated carbocycles. The second kappa shape index (κ2) is 7.47. The Morgan fingerprint density at radius 3 is 2.62 bits per heavy atom. The van der Waals surface area contributed by atoms with Crippen LogP contribution >= 0.6 is 0 Å². The second-order valence-electron chi connectivity index (χ2n) is 8.06. The lowest BCUT2D eigenvalue weighted by Crippen LogP contribution is -2.50. The van der Waals surface area contributed by atoms with Crippen LogP contribution in [-0.2, 0) is 17.8 Å². The summed E-state index contributed by atoms with van der Waals surface area (Å²) in [5.74, 6) is 0. The first-order valence-electron chi connectivity index (χ1n) is 10.2. The molecule has 146 valence electrons. The maximum atomic E-state index is 9.43. The van der Waals surface area contributed by atoms with Crippen molar-refractivity contribution in [1.82, 2.24) is 9.88 Å². The summed E-state index contributed by atoms with van der Waals surface area (Å²) in [6.45, 7) is 6.73. The number of rotatable bonds is 3. The Balaban J connectivity index is 1.37. The van der Waals surface area contributed by atoms with Crippen LogP contribution in [-0.4, -0.2) is 41.7 Å². The maximum absolute atomic E-state index is 9.43. The molecule has 29 heavy (non-hydrogen) atoms. The Kier molecular flexibility index (Phi) is 4.67. The molecule has 5 heteroatoms.